The molecule has 0 aliphatic carbocycles. The standard InChI is InChI=1S/C25H29FN10O9P2S2/c1-13(2)22(37)33-25-32-21-18(23(38)34-25)30-12-36(21)24-19-17(26)15(44-24)9-43-47(49,40-6-4-27-3)41-7-5-35-16(10-42-46(39,48)45-19)31-14-8-28-11-29-20(14)35/h8,11-13,15,17,19,24H,4-7,9-10H2,1-2H3,(H,39,48)(H2,32,33,34,37,38)/t15-,17+,19-,24-,46?,47?/m1/s1. The predicted octanol–water partition coefficient (Wildman–Crippen LogP) is 2.12. The van der Waals surface area contributed by atoms with E-state index >= 15 is 4.39 Å². The van der Waals surface area contributed by atoms with Gasteiger partial charge in [0.2, 0.25) is 18.4 Å². The first-order valence-corrected chi connectivity index (χ1v) is 19.8. The number of hydrogen-bond acceptors (Lipinski definition) is 15. The van der Waals surface area contributed by atoms with Crippen LogP contribution in [0.3, 0.4) is 0 Å². The summed E-state index contributed by atoms with van der Waals surface area (Å²) in [6.45, 7) is 1.59. The van der Waals surface area contributed by atoms with Crippen LogP contribution in [0.5, 0.6) is 0 Å². The van der Waals surface area contributed by atoms with Gasteiger partial charge in [0.15, 0.2) is 29.2 Å². The van der Waals surface area contributed by atoms with Crippen LogP contribution in [-0.4, -0.2) is 94.6 Å². The highest BCUT2D eigenvalue weighted by molar-refractivity contribution is 8.07. The van der Waals surface area contributed by atoms with Gasteiger partial charge in [0.25, 0.3) is 5.56 Å². The summed E-state index contributed by atoms with van der Waals surface area (Å²) in [7, 11) is 0. The molecule has 0 radical (unpaired) electrons. The Hall–Kier alpha value is -3.19. The van der Waals surface area contributed by atoms with Crippen LogP contribution in [0.1, 0.15) is 25.9 Å². The number of anilines is 1. The fraction of sp³-hybridized carbons (Fsp3) is 0.520. The third-order valence-corrected chi connectivity index (χ3v) is 11.2. The number of hydrogen-bond donors (Lipinski definition) is 3. The van der Waals surface area contributed by atoms with Crippen LogP contribution < -0.4 is 10.9 Å². The number of halogens is 1. The quantitative estimate of drug-likeness (QED) is 0.146. The van der Waals surface area contributed by atoms with Gasteiger partial charge in [-0.05, 0) is 23.6 Å². The molecule has 262 valence electrons. The van der Waals surface area contributed by atoms with Crippen molar-refractivity contribution in [2.24, 2.45) is 5.92 Å². The van der Waals surface area contributed by atoms with Crippen molar-refractivity contribution < 1.29 is 41.4 Å². The minimum Gasteiger partial charge on any atom is -0.346 e. The molecule has 2 aliphatic rings. The minimum absolute atomic E-state index is 0.0279. The number of amides is 1. The maximum Gasteiger partial charge on any atom is 0.327 e. The van der Waals surface area contributed by atoms with Crippen LogP contribution in [0.25, 0.3) is 27.2 Å². The van der Waals surface area contributed by atoms with Crippen LogP contribution in [0.15, 0.2) is 23.6 Å². The number of rotatable bonds is 6. The predicted molar refractivity (Wildman–Crippen MR) is 176 cm³/mol. The molecule has 1 fully saturated rings. The maximum atomic E-state index is 16.3. The Bertz CT molecular complexity index is 2070. The topological polar surface area (TPSA) is 216 Å². The molecule has 1 saturated heterocycles. The van der Waals surface area contributed by atoms with Gasteiger partial charge >= 0.3 is 13.4 Å². The van der Waals surface area contributed by atoms with Crippen molar-refractivity contribution in [3.63, 3.8) is 0 Å². The number of alkyl halides is 1. The van der Waals surface area contributed by atoms with Crippen LogP contribution in [0.2, 0.25) is 0 Å². The fourth-order valence-electron chi connectivity index (χ4n) is 4.91. The van der Waals surface area contributed by atoms with Crippen molar-refractivity contribution in [3.8, 4) is 0 Å². The number of fused-ring (bicyclic) bond motifs is 6. The van der Waals surface area contributed by atoms with E-state index in [1.807, 2.05) is 0 Å². The summed E-state index contributed by atoms with van der Waals surface area (Å²) in [6.07, 6.45) is -2.55. The Morgan fingerprint density at radius 3 is 2.88 bits per heavy atom. The Labute approximate surface area is 286 Å². The minimum atomic E-state index is -4.24. The first-order chi connectivity index (χ1) is 23.4. The molecule has 6 heterocycles. The monoisotopic (exact) mass is 758 g/mol. The molecule has 6 rings (SSSR count). The lowest BCUT2D eigenvalue weighted by molar-refractivity contribution is -0.118. The summed E-state index contributed by atoms with van der Waals surface area (Å²) >= 11 is 10.9. The van der Waals surface area contributed by atoms with Crippen molar-refractivity contribution in [3.05, 3.63) is 46.4 Å². The zero-order valence-electron chi connectivity index (χ0n) is 25.7. The molecular formula is C25H29FN10O9P2S2. The largest absolute Gasteiger partial charge is 0.346 e. The number of ether oxygens (including phenoxy) is 1. The molecule has 2 aliphatic heterocycles. The van der Waals surface area contributed by atoms with Crippen LogP contribution in [0, 0.1) is 12.5 Å². The van der Waals surface area contributed by atoms with Gasteiger partial charge in [0.1, 0.15) is 43.1 Å². The Morgan fingerprint density at radius 1 is 1.29 bits per heavy atom. The SMILES string of the molecule is [C-]#[N+]CCOP1(=S)OCCn2c(nc3cncnc32)COP(O)(=S)O[C@@H]2[C@@H](F)[C@@H](CO1)O[C@H]2n1cnc2c(=O)[nH]c(NC(=O)C(C)C)nc21. The highest BCUT2D eigenvalue weighted by atomic mass is 32.5. The van der Waals surface area contributed by atoms with Crippen LogP contribution >= 0.6 is 13.4 Å². The van der Waals surface area contributed by atoms with E-state index in [1.165, 1.54) is 23.4 Å². The van der Waals surface area contributed by atoms with Gasteiger partial charge in [-0.1, -0.05) is 13.8 Å². The highest BCUT2D eigenvalue weighted by Gasteiger charge is 2.50. The van der Waals surface area contributed by atoms with E-state index in [-0.39, 0.29) is 55.8 Å². The maximum absolute atomic E-state index is 16.3. The molecule has 3 N–H and O–H groups in total. The number of carbonyl (C=O) groups excluding carboxylic acids is 1. The average Bonchev–Trinajstić information content (AvgIpc) is 3.72. The van der Waals surface area contributed by atoms with E-state index < -0.39 is 62.0 Å². The number of nitrogens with zero attached hydrogens (tertiary/aromatic N) is 8. The Kier molecular flexibility index (Phi) is 10.6. The lowest BCUT2D eigenvalue weighted by Crippen LogP contribution is -2.32. The lowest BCUT2D eigenvalue weighted by Gasteiger charge is -2.25. The van der Waals surface area contributed by atoms with Crippen molar-refractivity contribution in [1.82, 2.24) is 39.0 Å². The summed E-state index contributed by atoms with van der Waals surface area (Å²) in [5.74, 6) is -0.770. The third-order valence-electron chi connectivity index (χ3n) is 7.25. The second-order valence-electron chi connectivity index (χ2n) is 10.9. The van der Waals surface area contributed by atoms with Gasteiger partial charge in [-0.25, -0.2) is 30.9 Å². The van der Waals surface area contributed by atoms with Gasteiger partial charge in [0, 0.05) is 12.5 Å². The van der Waals surface area contributed by atoms with Crippen molar-refractivity contribution >= 4 is 71.2 Å². The highest BCUT2D eigenvalue weighted by Crippen LogP contribution is 2.53. The zero-order chi connectivity index (χ0) is 34.9. The molecule has 0 aromatic carbocycles. The third kappa shape index (κ3) is 7.77. The van der Waals surface area contributed by atoms with Crippen molar-refractivity contribution in [2.45, 2.75) is 51.6 Å². The molecule has 0 spiro atoms. The lowest BCUT2D eigenvalue weighted by atomic mass is 10.1. The number of imidazole rings is 2. The van der Waals surface area contributed by atoms with Gasteiger partial charge in [-0.15, -0.1) is 0 Å². The molecular weight excluding hydrogens is 729 g/mol. The van der Waals surface area contributed by atoms with Crippen LogP contribution in [0.4, 0.5) is 10.3 Å². The molecule has 24 heteroatoms. The van der Waals surface area contributed by atoms with Gasteiger partial charge in [-0.3, -0.25) is 29.0 Å². The van der Waals surface area contributed by atoms with Gasteiger partial charge < -0.3 is 37.1 Å². The molecule has 2 bridgehead atoms. The smallest absolute Gasteiger partial charge is 0.327 e. The first-order valence-electron chi connectivity index (χ1n) is 14.6. The first kappa shape index (κ1) is 35.6. The zero-order valence-corrected chi connectivity index (χ0v) is 29.2. The fourth-order valence-corrected chi connectivity index (χ4v) is 8.03. The molecule has 19 nitrogen and oxygen atoms in total. The second kappa shape index (κ2) is 14.6. The number of nitrogens with one attached hydrogen (secondary N) is 2. The van der Waals surface area contributed by atoms with E-state index in [2.05, 4.69) is 40.1 Å². The summed E-state index contributed by atoms with van der Waals surface area (Å²) in [5.41, 5.74) is -0.107. The number of carbonyl (C=O) groups is 1. The number of aromatic nitrogens is 8. The molecule has 49 heavy (non-hydrogen) atoms. The Balaban J connectivity index is 1.38. The summed E-state index contributed by atoms with van der Waals surface area (Å²) in [4.78, 5) is 63.2. The molecule has 0 saturated carbocycles. The van der Waals surface area contributed by atoms with Gasteiger partial charge in [0.05, 0.1) is 25.7 Å². The molecule has 2 unspecified atom stereocenters. The molecule has 4 aromatic heterocycles. The van der Waals surface area contributed by atoms with E-state index in [0.29, 0.717) is 11.2 Å². The second-order valence-corrected chi connectivity index (χ2v) is 16.7. The van der Waals surface area contributed by atoms with E-state index in [4.69, 9.17) is 57.5 Å². The normalized spacial score (nSPS) is 28.2. The number of aromatic amines is 1. The van der Waals surface area contributed by atoms with Crippen LogP contribution in [-0.2, 0) is 68.9 Å². The van der Waals surface area contributed by atoms with E-state index in [9.17, 15) is 14.5 Å². The van der Waals surface area contributed by atoms with E-state index in [1.54, 1.807) is 18.4 Å². The van der Waals surface area contributed by atoms with E-state index in [0.717, 1.165) is 0 Å². The van der Waals surface area contributed by atoms with Gasteiger partial charge in [-0.2, -0.15) is 4.98 Å². The molecule has 1 amide bonds. The summed E-state index contributed by atoms with van der Waals surface area (Å²) in [5, 5.41) is 2.51. The van der Waals surface area contributed by atoms with Crippen molar-refractivity contribution in [2.75, 3.05) is 31.7 Å². The molecule has 4 aromatic rings. The van der Waals surface area contributed by atoms with Crippen molar-refractivity contribution in [1.29, 1.82) is 0 Å². The Morgan fingerprint density at radius 2 is 2.10 bits per heavy atom. The number of H-pyrrole nitrogens is 1. The summed E-state index contributed by atoms with van der Waals surface area (Å²) in [6, 6.07) is 0. The average molecular weight is 759 g/mol. The molecule has 6 atom stereocenters. The summed E-state index contributed by atoms with van der Waals surface area (Å²) < 4.78 is 54.1.